The van der Waals surface area contributed by atoms with Crippen molar-refractivity contribution in [3.63, 3.8) is 0 Å². The van der Waals surface area contributed by atoms with E-state index in [9.17, 15) is 57.9 Å². The third kappa shape index (κ3) is 17.0. The SMILES string of the molecule is CC(C)/C=C/CCCC(=O)SCCNCC(=O)CCNC(=O)[C@@H](O)C(C)(C)COP(=O)(O)OP(=O)(O)OC[C@H]1O[C@@H](n2cnc3c(N)ncnc32)[C@H](O)[C@@H]1OP(=O)(O)O. The lowest BCUT2D eigenvalue weighted by Gasteiger charge is -2.30. The van der Waals surface area contributed by atoms with Gasteiger partial charge in [0.05, 0.1) is 26.1 Å². The maximum absolute atomic E-state index is 12.7. The summed E-state index contributed by atoms with van der Waals surface area (Å²) >= 11 is 1.18. The van der Waals surface area contributed by atoms with Crippen molar-refractivity contribution in [2.24, 2.45) is 11.3 Å². The number of imidazole rings is 1. The molecule has 3 heterocycles. The highest BCUT2D eigenvalue weighted by Gasteiger charge is 2.50. The number of ether oxygens (including phenoxy) is 1. The highest BCUT2D eigenvalue weighted by Crippen LogP contribution is 2.61. The van der Waals surface area contributed by atoms with E-state index in [1.54, 1.807) is 0 Å². The van der Waals surface area contributed by atoms with Crippen LogP contribution in [-0.4, -0.2) is 129 Å². The first-order chi connectivity index (χ1) is 27.4. The Morgan fingerprint density at radius 3 is 2.44 bits per heavy atom. The van der Waals surface area contributed by atoms with Crippen molar-refractivity contribution in [2.45, 2.75) is 84.0 Å². The number of hydrogen-bond donors (Lipinski definition) is 9. The molecule has 1 fully saturated rings. The number of thioether (sulfide) groups is 1. The molecule has 0 aromatic carbocycles. The normalized spacial score (nSPS) is 21.5. The van der Waals surface area contributed by atoms with Gasteiger partial charge in [-0.1, -0.05) is 51.6 Å². The molecule has 0 spiro atoms. The van der Waals surface area contributed by atoms with E-state index in [1.165, 1.54) is 25.6 Å². The van der Waals surface area contributed by atoms with Gasteiger partial charge in [-0.25, -0.2) is 28.6 Å². The number of carbonyl (C=O) groups is 3. The van der Waals surface area contributed by atoms with Gasteiger partial charge in [-0.3, -0.25) is 32.5 Å². The smallest absolute Gasteiger partial charge is 0.386 e. The van der Waals surface area contributed by atoms with Crippen molar-refractivity contribution >= 4 is 69.0 Å². The van der Waals surface area contributed by atoms with E-state index in [0.717, 1.165) is 30.1 Å². The third-order valence-electron chi connectivity index (χ3n) is 8.27. The number of Topliss-reactive ketones (excluding diaryl/α,β-unsaturated/α-hetero) is 1. The molecule has 1 aliphatic rings. The van der Waals surface area contributed by atoms with Gasteiger partial charge in [-0.05, 0) is 18.8 Å². The number of aliphatic hydroxyl groups excluding tert-OH is 2. The van der Waals surface area contributed by atoms with Gasteiger partial charge in [0.25, 0.3) is 0 Å². The van der Waals surface area contributed by atoms with E-state index in [1.807, 2.05) is 0 Å². The van der Waals surface area contributed by atoms with Crippen LogP contribution in [0.1, 0.15) is 59.6 Å². The van der Waals surface area contributed by atoms with Gasteiger partial charge in [-0.15, -0.1) is 0 Å². The van der Waals surface area contributed by atoms with Crippen LogP contribution >= 0.6 is 35.2 Å². The van der Waals surface area contributed by atoms with E-state index in [0.29, 0.717) is 24.6 Å². The minimum absolute atomic E-state index is 0.0106. The quantitative estimate of drug-likeness (QED) is 0.0362. The topological polar surface area (TPSA) is 364 Å². The zero-order valence-corrected chi connectivity index (χ0v) is 36.1. The monoisotopic (exact) mass is 919 g/mol. The molecule has 0 bridgehead atoms. The van der Waals surface area contributed by atoms with Crippen molar-refractivity contribution in [2.75, 3.05) is 44.3 Å². The van der Waals surface area contributed by atoms with Crippen LogP contribution in [0.3, 0.4) is 0 Å². The summed E-state index contributed by atoms with van der Waals surface area (Å²) in [7, 11) is -16.4. The Kier molecular flexibility index (Phi) is 19.4. The Hall–Kier alpha value is -2.54. The standard InChI is InChI=1S/C31H52N7O17P3S/c1-19(2)8-6-5-7-9-22(40)59-13-12-33-14-20(39)10-11-34-29(43)26(42)31(3,4)16-52-58(49,50)55-57(47,48)51-15-21-25(54-56(44,45)46)24(41)30(53-21)38-18-37-23-27(32)35-17-36-28(23)38/h6,8,17-19,21,24-26,30,33,41-42H,5,7,9-16H2,1-4H3,(H,34,43)(H,47,48)(H,49,50)(H2,32,35,36)(H2,44,45,46)/b8-6+/t21-,24-,25-,26-,30-/m1/s1. The molecule has 2 aromatic rings. The van der Waals surface area contributed by atoms with Gasteiger partial charge < -0.3 is 50.9 Å². The van der Waals surface area contributed by atoms with Gasteiger partial charge >= 0.3 is 23.5 Å². The number of fused-ring (bicyclic) bond motifs is 1. The van der Waals surface area contributed by atoms with Crippen molar-refractivity contribution in [1.82, 2.24) is 30.2 Å². The summed E-state index contributed by atoms with van der Waals surface area (Å²) in [5.41, 5.74) is 4.28. The number of ketones is 1. The molecule has 2 unspecified atom stereocenters. The summed E-state index contributed by atoms with van der Waals surface area (Å²) < 4.78 is 62.2. The number of rotatable bonds is 26. The van der Waals surface area contributed by atoms with E-state index in [2.05, 4.69) is 60.4 Å². The Bertz CT molecular complexity index is 1910. The first-order valence-corrected chi connectivity index (χ1v) is 23.6. The van der Waals surface area contributed by atoms with Crippen LogP contribution < -0.4 is 16.4 Å². The number of nitrogens with one attached hydrogen (secondary N) is 2. The van der Waals surface area contributed by atoms with E-state index in [-0.39, 0.29) is 47.4 Å². The molecule has 2 aromatic heterocycles. The van der Waals surface area contributed by atoms with Gasteiger partial charge in [0, 0.05) is 37.1 Å². The van der Waals surface area contributed by atoms with Crippen LogP contribution in [-0.2, 0) is 50.7 Å². The maximum atomic E-state index is 12.7. The van der Waals surface area contributed by atoms with Gasteiger partial charge in [0.1, 0.15) is 42.0 Å². The summed E-state index contributed by atoms with van der Waals surface area (Å²) in [6.07, 6.45) is -0.587. The average molecular weight is 920 g/mol. The van der Waals surface area contributed by atoms with E-state index < -0.39 is 78.6 Å². The first kappa shape index (κ1) is 50.8. The van der Waals surface area contributed by atoms with Crippen LogP contribution in [0.25, 0.3) is 11.2 Å². The number of nitrogens with two attached hydrogens (primary N) is 1. The molecule has 3 rings (SSSR count). The summed E-state index contributed by atoms with van der Waals surface area (Å²) in [4.78, 5) is 87.8. The highest BCUT2D eigenvalue weighted by molar-refractivity contribution is 8.13. The van der Waals surface area contributed by atoms with Crippen molar-refractivity contribution < 1.29 is 80.5 Å². The number of aliphatic hydroxyl groups is 2. The molecule has 0 saturated carbocycles. The molecule has 334 valence electrons. The summed E-state index contributed by atoms with van der Waals surface area (Å²) in [6.45, 7) is 4.93. The molecule has 10 N–H and O–H groups in total. The second-order valence-electron chi connectivity index (χ2n) is 14.2. The maximum Gasteiger partial charge on any atom is 0.481 e. The van der Waals surface area contributed by atoms with Crippen molar-refractivity contribution in [3.8, 4) is 0 Å². The van der Waals surface area contributed by atoms with Gasteiger partial charge in [0.15, 0.2) is 22.8 Å². The number of nitrogens with zero attached hydrogens (tertiary/aromatic N) is 4. The Labute approximate surface area is 343 Å². The van der Waals surface area contributed by atoms with Crippen molar-refractivity contribution in [1.29, 1.82) is 0 Å². The molecule has 0 aliphatic carbocycles. The number of unbranched alkanes of at least 4 members (excludes halogenated alkanes) is 1. The zero-order chi connectivity index (χ0) is 44.2. The fraction of sp³-hybridized carbons (Fsp3) is 0.677. The molecule has 28 heteroatoms. The molecule has 1 amide bonds. The molecule has 1 aliphatic heterocycles. The van der Waals surface area contributed by atoms with E-state index >= 15 is 0 Å². The molecule has 7 atom stereocenters. The van der Waals surface area contributed by atoms with Crippen molar-refractivity contribution in [3.05, 3.63) is 24.8 Å². The zero-order valence-electron chi connectivity index (χ0n) is 32.6. The fourth-order valence-electron chi connectivity index (χ4n) is 5.24. The molecule has 24 nitrogen and oxygen atoms in total. The van der Waals surface area contributed by atoms with Gasteiger partial charge in [0.2, 0.25) is 5.91 Å². The first-order valence-electron chi connectivity index (χ1n) is 18.1. The Balaban J connectivity index is 1.42. The lowest BCUT2D eigenvalue weighted by Crippen LogP contribution is -2.46. The summed E-state index contributed by atoms with van der Waals surface area (Å²) in [6, 6.07) is 0. The van der Waals surface area contributed by atoms with E-state index in [4.69, 9.17) is 19.5 Å². The predicted molar refractivity (Wildman–Crippen MR) is 210 cm³/mol. The Morgan fingerprint density at radius 2 is 1.76 bits per heavy atom. The number of anilines is 1. The second kappa shape index (κ2) is 22.5. The lowest BCUT2D eigenvalue weighted by molar-refractivity contribution is -0.137. The fourth-order valence-corrected chi connectivity index (χ4v) is 8.83. The number of phosphoric ester groups is 3. The van der Waals surface area contributed by atoms with Crippen LogP contribution in [0, 0.1) is 11.3 Å². The number of hydrogen-bond acceptors (Lipinski definition) is 19. The third-order valence-corrected chi connectivity index (χ3v) is 12.3. The minimum Gasteiger partial charge on any atom is -0.386 e. The predicted octanol–water partition coefficient (Wildman–Crippen LogP) is 1.09. The molecular formula is C31H52N7O17P3S. The number of nitrogen functional groups attached to an aromatic ring is 1. The molecule has 0 radical (unpaired) electrons. The number of allylic oxidation sites excluding steroid dienone is 2. The highest BCUT2D eigenvalue weighted by atomic mass is 32.2. The molecule has 59 heavy (non-hydrogen) atoms. The number of aromatic nitrogens is 4. The van der Waals surface area contributed by atoms with Crippen LogP contribution in [0.15, 0.2) is 24.8 Å². The lowest BCUT2D eigenvalue weighted by atomic mass is 9.87. The minimum atomic E-state index is -5.57. The Morgan fingerprint density at radius 1 is 1.07 bits per heavy atom. The largest absolute Gasteiger partial charge is 0.481 e. The number of phosphoric acid groups is 3. The summed E-state index contributed by atoms with van der Waals surface area (Å²) in [5, 5.41) is 26.9. The molecule has 1 saturated heterocycles. The number of carbonyl (C=O) groups excluding carboxylic acids is 3. The summed E-state index contributed by atoms with van der Waals surface area (Å²) in [5.74, 6) is -0.297. The number of amides is 1. The van der Waals surface area contributed by atoms with Crippen LogP contribution in [0.4, 0.5) is 5.82 Å². The average Bonchev–Trinajstić information content (AvgIpc) is 3.69. The molecular weight excluding hydrogens is 867 g/mol. The van der Waals surface area contributed by atoms with Crippen LogP contribution in [0.5, 0.6) is 0 Å². The van der Waals surface area contributed by atoms with Gasteiger partial charge in [-0.2, -0.15) is 4.31 Å². The van der Waals surface area contributed by atoms with Crippen LogP contribution in [0.2, 0.25) is 0 Å². The second-order valence-corrected chi connectivity index (χ2v) is 19.6.